The van der Waals surface area contributed by atoms with Gasteiger partial charge in [0.15, 0.2) is 11.5 Å². The lowest BCUT2D eigenvalue weighted by Crippen LogP contribution is -2.62. The van der Waals surface area contributed by atoms with E-state index in [1.165, 1.54) is 0 Å². The first-order valence-corrected chi connectivity index (χ1v) is 20.1. The van der Waals surface area contributed by atoms with Crippen LogP contribution in [0.3, 0.4) is 0 Å². The number of pyridine rings is 1. The van der Waals surface area contributed by atoms with Crippen LogP contribution in [-0.4, -0.2) is 110 Å². The minimum atomic E-state index is -0.665. The zero-order chi connectivity index (χ0) is 39.4. The molecule has 0 aliphatic carbocycles. The Morgan fingerprint density at radius 2 is 1.86 bits per heavy atom. The number of aryl methyl sites for hydroxylation is 1. The lowest BCUT2D eigenvalue weighted by Gasteiger charge is -2.49. The topological polar surface area (TPSA) is 180 Å². The number of allylic oxidation sites excluding steroid dienone is 1. The highest BCUT2D eigenvalue weighted by Gasteiger charge is 2.56. The summed E-state index contributed by atoms with van der Waals surface area (Å²) in [5.74, 6) is 0.934. The van der Waals surface area contributed by atoms with Gasteiger partial charge in [0.2, 0.25) is 11.8 Å². The Bertz CT molecular complexity index is 2310. The molecule has 0 bridgehead atoms. The molecule has 1 spiro atoms. The van der Waals surface area contributed by atoms with Gasteiger partial charge in [-0.25, -0.2) is 9.97 Å². The SMILES string of the molecule is C=C1CCC(n2ccc3cc(N4CCC(CN5CC6(CCN([C@@H]7CCCN(c8cnc(C(N)=O)c(Nc9cnn(C)c9)n8)C7)C6=O)C5)CC4)ccc3c2=O)C(=O)N1. The van der Waals surface area contributed by atoms with Gasteiger partial charge in [0.1, 0.15) is 11.9 Å². The molecule has 1 unspecified atom stereocenters. The molecule has 16 nitrogen and oxygen atoms in total. The van der Waals surface area contributed by atoms with Crippen LogP contribution in [0.5, 0.6) is 0 Å². The van der Waals surface area contributed by atoms with E-state index in [4.69, 9.17) is 10.7 Å². The molecule has 2 atom stereocenters. The van der Waals surface area contributed by atoms with Crippen molar-refractivity contribution in [1.29, 1.82) is 0 Å². The van der Waals surface area contributed by atoms with Gasteiger partial charge in [-0.3, -0.25) is 23.9 Å². The van der Waals surface area contributed by atoms with E-state index in [0.717, 1.165) is 89.0 Å². The monoisotopic (exact) mass is 774 g/mol. The number of fused-ring (bicyclic) bond motifs is 1. The van der Waals surface area contributed by atoms with Crippen LogP contribution in [0.2, 0.25) is 0 Å². The number of primary amides is 1. The molecular weight excluding hydrogens is 725 g/mol. The van der Waals surface area contributed by atoms with E-state index in [2.05, 4.69) is 53.0 Å². The van der Waals surface area contributed by atoms with Gasteiger partial charge in [-0.1, -0.05) is 6.58 Å². The van der Waals surface area contributed by atoms with E-state index in [-0.39, 0.29) is 40.3 Å². The molecule has 16 heteroatoms. The standard InChI is InChI=1S/C41H50N12O4/c1-26-5-8-33(38(55)45-26)53-16-11-28-18-30(6-7-32(28)39(53)56)50-14-9-27(10-15-50)21-49-24-41(25-49)12-17-52(40(41)57)31-4-3-13-51(23-31)34-20-43-35(36(42)54)37(47-34)46-29-19-44-48(2)22-29/h6-7,11,16,18-20,22,27,31,33H,1,3-5,8-10,12-15,17,21,23-25H2,2H3,(H2,42,54)(H,45,55)(H,46,47)/t31-,33?/m1/s1. The molecule has 298 valence electrons. The number of piperidine rings is 3. The van der Waals surface area contributed by atoms with Crippen molar-refractivity contribution in [1.82, 2.24) is 39.4 Å². The number of anilines is 4. The molecule has 3 aromatic heterocycles. The lowest BCUT2D eigenvalue weighted by atomic mass is 9.77. The average molecular weight is 775 g/mol. The van der Waals surface area contributed by atoms with Gasteiger partial charge in [-0.05, 0) is 80.5 Å². The third kappa shape index (κ3) is 7.00. The molecule has 5 aliphatic rings. The summed E-state index contributed by atoms with van der Waals surface area (Å²) in [6, 6.07) is 7.54. The highest BCUT2D eigenvalue weighted by atomic mass is 16.2. The highest BCUT2D eigenvalue weighted by molar-refractivity contribution is 5.96. The second kappa shape index (κ2) is 14.6. The Labute approximate surface area is 330 Å². The molecule has 8 heterocycles. The summed E-state index contributed by atoms with van der Waals surface area (Å²) in [4.78, 5) is 70.4. The van der Waals surface area contributed by atoms with Gasteiger partial charge in [0.05, 0.1) is 23.5 Å². The summed E-state index contributed by atoms with van der Waals surface area (Å²) < 4.78 is 3.21. The second-order valence-corrected chi connectivity index (χ2v) is 16.6. The van der Waals surface area contributed by atoms with Crippen molar-refractivity contribution in [3.8, 4) is 0 Å². The Kier molecular flexibility index (Phi) is 9.45. The van der Waals surface area contributed by atoms with Crippen molar-refractivity contribution in [2.45, 2.75) is 57.0 Å². The quantitative estimate of drug-likeness (QED) is 0.228. The molecule has 5 saturated heterocycles. The van der Waals surface area contributed by atoms with Crippen LogP contribution < -0.4 is 31.7 Å². The summed E-state index contributed by atoms with van der Waals surface area (Å²) >= 11 is 0. The minimum absolute atomic E-state index is 0.0622. The fraction of sp³-hybridized carbons (Fsp3) is 0.488. The molecule has 57 heavy (non-hydrogen) atoms. The smallest absolute Gasteiger partial charge is 0.271 e. The number of carbonyl (C=O) groups is 3. The van der Waals surface area contributed by atoms with Gasteiger partial charge in [-0.2, -0.15) is 5.10 Å². The fourth-order valence-electron chi connectivity index (χ4n) is 9.73. The van der Waals surface area contributed by atoms with Crippen molar-refractivity contribution in [2.75, 3.05) is 67.5 Å². The molecule has 4 N–H and O–H groups in total. The van der Waals surface area contributed by atoms with Crippen molar-refractivity contribution in [3.05, 3.63) is 77.4 Å². The second-order valence-electron chi connectivity index (χ2n) is 16.6. The first-order valence-electron chi connectivity index (χ1n) is 20.1. The number of nitrogens with zero attached hydrogens (tertiary/aromatic N) is 9. The number of benzene rings is 1. The number of amides is 3. The highest BCUT2D eigenvalue weighted by Crippen LogP contribution is 2.43. The van der Waals surface area contributed by atoms with Gasteiger partial charge in [0.25, 0.3) is 11.5 Å². The number of aromatic nitrogens is 5. The number of likely N-dealkylation sites (tertiary alicyclic amines) is 2. The molecule has 1 aromatic carbocycles. The van der Waals surface area contributed by atoms with Gasteiger partial charge < -0.3 is 40.5 Å². The molecule has 4 aromatic rings. The molecule has 0 radical (unpaired) electrons. The van der Waals surface area contributed by atoms with Crippen LogP contribution in [0.4, 0.5) is 23.0 Å². The van der Waals surface area contributed by atoms with E-state index in [9.17, 15) is 19.2 Å². The maximum Gasteiger partial charge on any atom is 0.271 e. The Hall–Kier alpha value is -5.77. The fourth-order valence-corrected chi connectivity index (χ4v) is 9.73. The van der Waals surface area contributed by atoms with Gasteiger partial charge >= 0.3 is 0 Å². The molecule has 5 aliphatic heterocycles. The maximum atomic E-state index is 14.0. The molecule has 5 fully saturated rings. The molecule has 0 saturated carbocycles. The maximum absolute atomic E-state index is 14.0. The Morgan fingerprint density at radius 1 is 1.04 bits per heavy atom. The van der Waals surface area contributed by atoms with Crippen LogP contribution in [-0.2, 0) is 16.6 Å². The van der Waals surface area contributed by atoms with Crippen LogP contribution >= 0.6 is 0 Å². The Balaban J connectivity index is 0.773. The minimum Gasteiger partial charge on any atom is -0.371 e. The van der Waals surface area contributed by atoms with Crippen molar-refractivity contribution >= 4 is 51.5 Å². The third-order valence-corrected chi connectivity index (χ3v) is 12.8. The van der Waals surface area contributed by atoms with Crippen molar-refractivity contribution in [3.63, 3.8) is 0 Å². The lowest BCUT2D eigenvalue weighted by molar-refractivity contribution is -0.147. The number of hydrogen-bond donors (Lipinski definition) is 3. The molecule has 3 amide bonds. The van der Waals surface area contributed by atoms with E-state index in [1.807, 2.05) is 25.2 Å². The zero-order valence-corrected chi connectivity index (χ0v) is 32.4. The Morgan fingerprint density at radius 3 is 2.61 bits per heavy atom. The molecule has 9 rings (SSSR count). The van der Waals surface area contributed by atoms with Crippen LogP contribution in [0.1, 0.15) is 61.5 Å². The summed E-state index contributed by atoms with van der Waals surface area (Å²) in [6.45, 7) is 10.6. The first-order chi connectivity index (χ1) is 27.5. The largest absolute Gasteiger partial charge is 0.371 e. The van der Waals surface area contributed by atoms with Gasteiger partial charge in [0, 0.05) is 94.6 Å². The zero-order valence-electron chi connectivity index (χ0n) is 32.4. The number of hydrogen-bond acceptors (Lipinski definition) is 11. The first kappa shape index (κ1) is 36.8. The normalized spacial score (nSPS) is 23.0. The summed E-state index contributed by atoms with van der Waals surface area (Å²) in [5, 5.41) is 11.6. The molecular formula is C41H50N12O4. The third-order valence-electron chi connectivity index (χ3n) is 12.8. The number of rotatable bonds is 9. The van der Waals surface area contributed by atoms with Crippen molar-refractivity contribution < 1.29 is 14.4 Å². The average Bonchev–Trinajstić information content (AvgIpc) is 3.77. The van der Waals surface area contributed by atoms with E-state index >= 15 is 0 Å². The van der Waals surface area contributed by atoms with E-state index in [1.54, 1.807) is 34.0 Å². The van der Waals surface area contributed by atoms with E-state index < -0.39 is 11.9 Å². The number of nitrogens with one attached hydrogen (secondary N) is 2. The predicted molar refractivity (Wildman–Crippen MR) is 216 cm³/mol. The summed E-state index contributed by atoms with van der Waals surface area (Å²) in [7, 11) is 1.81. The van der Waals surface area contributed by atoms with E-state index in [0.29, 0.717) is 47.9 Å². The number of carbonyl (C=O) groups excluding carboxylic acids is 3. The van der Waals surface area contributed by atoms with Crippen LogP contribution in [0.25, 0.3) is 10.8 Å². The summed E-state index contributed by atoms with van der Waals surface area (Å²) in [6.07, 6.45) is 12.9. The van der Waals surface area contributed by atoms with Crippen LogP contribution in [0.15, 0.2) is 66.1 Å². The van der Waals surface area contributed by atoms with Crippen molar-refractivity contribution in [2.24, 2.45) is 24.1 Å². The summed E-state index contributed by atoms with van der Waals surface area (Å²) in [5.41, 5.74) is 7.73. The number of nitrogens with two attached hydrogens (primary N) is 1. The predicted octanol–water partition coefficient (Wildman–Crippen LogP) is 2.75. The van der Waals surface area contributed by atoms with Crippen LogP contribution in [0, 0.1) is 11.3 Å². The van der Waals surface area contributed by atoms with Gasteiger partial charge in [-0.15, -0.1) is 0 Å².